The van der Waals surface area contributed by atoms with E-state index in [0.29, 0.717) is 12.2 Å². The molecule has 2 aromatic rings. The van der Waals surface area contributed by atoms with E-state index >= 15 is 0 Å². The van der Waals surface area contributed by atoms with Crippen molar-refractivity contribution >= 4 is 17.3 Å². The van der Waals surface area contributed by atoms with Crippen molar-refractivity contribution in [2.24, 2.45) is 0 Å². The molecule has 0 aliphatic carbocycles. The molecular weight excluding hydrogens is 236 g/mol. The number of nitrogen functional groups attached to an aromatic ring is 1. The van der Waals surface area contributed by atoms with Crippen molar-refractivity contribution < 1.29 is 4.79 Å². The molecule has 3 heteroatoms. The monoisotopic (exact) mass is 252 g/mol. The summed E-state index contributed by atoms with van der Waals surface area (Å²) in [6.07, 6.45) is 0.885. The Morgan fingerprint density at radius 1 is 1.16 bits per heavy atom. The number of carbonyl (C=O) groups excluding carboxylic acids is 1. The molecule has 2 N–H and O–H groups in total. The minimum Gasteiger partial charge on any atom is -0.399 e. The average molecular weight is 252 g/mol. The van der Waals surface area contributed by atoms with E-state index in [9.17, 15) is 4.79 Å². The number of hydrogen-bond donors (Lipinski definition) is 1. The molecule has 2 aromatic carbocycles. The smallest absolute Gasteiger partial charge is 0.258 e. The molecule has 1 aliphatic rings. The van der Waals surface area contributed by atoms with Gasteiger partial charge in [-0.2, -0.15) is 0 Å². The van der Waals surface area contributed by atoms with E-state index in [1.165, 1.54) is 0 Å². The fourth-order valence-electron chi connectivity index (χ4n) is 2.57. The van der Waals surface area contributed by atoms with Crippen LogP contribution in [0.4, 0.5) is 11.4 Å². The molecule has 3 rings (SSSR count). The number of fused-ring (bicyclic) bond motifs is 1. The second kappa shape index (κ2) is 4.43. The van der Waals surface area contributed by atoms with Crippen molar-refractivity contribution in [1.29, 1.82) is 0 Å². The lowest BCUT2D eigenvalue weighted by Gasteiger charge is -2.30. The minimum atomic E-state index is 0.0653. The summed E-state index contributed by atoms with van der Waals surface area (Å²) in [5.41, 5.74) is 10.4. The van der Waals surface area contributed by atoms with Gasteiger partial charge in [-0.05, 0) is 42.7 Å². The Labute approximate surface area is 112 Å². The molecule has 0 spiro atoms. The summed E-state index contributed by atoms with van der Waals surface area (Å²) in [4.78, 5) is 14.4. The summed E-state index contributed by atoms with van der Waals surface area (Å²) in [7, 11) is 0. The van der Waals surface area contributed by atoms with E-state index in [0.717, 1.165) is 28.8 Å². The van der Waals surface area contributed by atoms with Crippen molar-refractivity contribution in [1.82, 2.24) is 0 Å². The molecule has 3 nitrogen and oxygen atoms in total. The van der Waals surface area contributed by atoms with E-state index in [-0.39, 0.29) is 5.91 Å². The number of hydrogen-bond acceptors (Lipinski definition) is 2. The topological polar surface area (TPSA) is 46.3 Å². The van der Waals surface area contributed by atoms with Gasteiger partial charge < -0.3 is 10.6 Å². The van der Waals surface area contributed by atoms with Crippen molar-refractivity contribution in [2.75, 3.05) is 17.2 Å². The molecule has 96 valence electrons. The van der Waals surface area contributed by atoms with E-state index in [2.05, 4.69) is 0 Å². The summed E-state index contributed by atoms with van der Waals surface area (Å²) >= 11 is 0. The zero-order valence-electron chi connectivity index (χ0n) is 10.9. The first-order chi connectivity index (χ1) is 9.16. The highest BCUT2D eigenvalue weighted by molar-refractivity contribution is 6.08. The molecular formula is C16H16N2O. The molecule has 19 heavy (non-hydrogen) atoms. The summed E-state index contributed by atoms with van der Waals surface area (Å²) < 4.78 is 0. The van der Waals surface area contributed by atoms with Gasteiger partial charge >= 0.3 is 0 Å². The summed E-state index contributed by atoms with van der Waals surface area (Å²) in [6, 6.07) is 13.5. The van der Waals surface area contributed by atoms with Crippen LogP contribution in [0.25, 0.3) is 0 Å². The lowest BCUT2D eigenvalue weighted by Crippen LogP contribution is -2.38. The fraction of sp³-hybridized carbons (Fsp3) is 0.188. The standard InChI is InChI=1S/C16H16N2O/c1-11-6-7-13(17)10-15(11)18-9-8-12-4-2-3-5-14(12)16(18)19/h2-7,10H,8-9,17H2,1H3. The number of nitrogens with zero attached hydrogens (tertiary/aromatic N) is 1. The first-order valence-corrected chi connectivity index (χ1v) is 6.43. The van der Waals surface area contributed by atoms with Crippen LogP contribution in [-0.4, -0.2) is 12.5 Å². The van der Waals surface area contributed by atoms with Gasteiger partial charge in [-0.25, -0.2) is 0 Å². The van der Waals surface area contributed by atoms with Gasteiger partial charge in [0.2, 0.25) is 0 Å². The van der Waals surface area contributed by atoms with Crippen LogP contribution in [-0.2, 0) is 6.42 Å². The molecule has 0 unspecified atom stereocenters. The maximum absolute atomic E-state index is 12.6. The molecule has 0 bridgehead atoms. The Balaban J connectivity index is 2.05. The molecule has 0 atom stereocenters. The summed E-state index contributed by atoms with van der Waals surface area (Å²) in [5.74, 6) is 0.0653. The molecule has 1 heterocycles. The number of carbonyl (C=O) groups is 1. The van der Waals surface area contributed by atoms with Gasteiger partial charge in [0.15, 0.2) is 0 Å². The zero-order valence-corrected chi connectivity index (χ0v) is 10.9. The van der Waals surface area contributed by atoms with Crippen molar-refractivity contribution in [3.05, 3.63) is 59.2 Å². The van der Waals surface area contributed by atoms with E-state index in [1.54, 1.807) is 0 Å². The average Bonchev–Trinajstić information content (AvgIpc) is 2.43. The van der Waals surface area contributed by atoms with E-state index in [4.69, 9.17) is 5.73 Å². The second-order valence-electron chi connectivity index (χ2n) is 4.91. The summed E-state index contributed by atoms with van der Waals surface area (Å²) in [6.45, 7) is 2.71. The van der Waals surface area contributed by atoms with Gasteiger partial charge in [0, 0.05) is 23.5 Å². The molecule has 0 saturated carbocycles. The zero-order chi connectivity index (χ0) is 13.4. The van der Waals surface area contributed by atoms with Crippen molar-refractivity contribution in [3.63, 3.8) is 0 Å². The molecule has 1 amide bonds. The molecule has 0 radical (unpaired) electrons. The lowest BCUT2D eigenvalue weighted by atomic mass is 9.98. The first kappa shape index (κ1) is 11.8. The summed E-state index contributed by atoms with van der Waals surface area (Å²) in [5, 5.41) is 0. The Kier molecular flexibility index (Phi) is 2.75. The van der Waals surface area contributed by atoms with Crippen LogP contribution < -0.4 is 10.6 Å². The first-order valence-electron chi connectivity index (χ1n) is 6.43. The number of rotatable bonds is 1. The normalized spacial score (nSPS) is 14.4. The lowest BCUT2D eigenvalue weighted by molar-refractivity contribution is 0.0980. The maximum atomic E-state index is 12.6. The molecule has 0 saturated heterocycles. The second-order valence-corrected chi connectivity index (χ2v) is 4.91. The van der Waals surface area contributed by atoms with Gasteiger partial charge in [0.1, 0.15) is 0 Å². The van der Waals surface area contributed by atoms with Gasteiger partial charge in [-0.15, -0.1) is 0 Å². The van der Waals surface area contributed by atoms with Crippen molar-refractivity contribution in [3.8, 4) is 0 Å². The predicted molar refractivity (Wildman–Crippen MR) is 77.4 cm³/mol. The number of amides is 1. The quantitative estimate of drug-likeness (QED) is 0.793. The van der Waals surface area contributed by atoms with Crippen LogP contribution in [0.2, 0.25) is 0 Å². The minimum absolute atomic E-state index is 0.0653. The van der Waals surface area contributed by atoms with Gasteiger partial charge in [0.05, 0.1) is 0 Å². The SMILES string of the molecule is Cc1ccc(N)cc1N1CCc2ccccc2C1=O. The number of anilines is 2. The Bertz CT molecular complexity index is 649. The van der Waals surface area contributed by atoms with Crippen LogP contribution in [0.5, 0.6) is 0 Å². The number of aryl methyl sites for hydroxylation is 1. The van der Waals surface area contributed by atoms with E-state index in [1.807, 2.05) is 54.3 Å². The molecule has 0 aromatic heterocycles. The number of nitrogens with two attached hydrogens (primary N) is 1. The van der Waals surface area contributed by atoms with Gasteiger partial charge in [-0.1, -0.05) is 24.3 Å². The largest absolute Gasteiger partial charge is 0.399 e. The highest BCUT2D eigenvalue weighted by Crippen LogP contribution is 2.28. The highest BCUT2D eigenvalue weighted by atomic mass is 16.2. The third-order valence-electron chi connectivity index (χ3n) is 3.62. The van der Waals surface area contributed by atoms with Crippen LogP contribution in [0, 0.1) is 6.92 Å². The molecule has 0 fully saturated rings. The van der Waals surface area contributed by atoms with Gasteiger partial charge in [0.25, 0.3) is 5.91 Å². The van der Waals surface area contributed by atoms with Crippen LogP contribution in [0.3, 0.4) is 0 Å². The van der Waals surface area contributed by atoms with Crippen LogP contribution in [0.1, 0.15) is 21.5 Å². The third kappa shape index (κ3) is 1.97. The van der Waals surface area contributed by atoms with Crippen LogP contribution >= 0.6 is 0 Å². The fourth-order valence-corrected chi connectivity index (χ4v) is 2.57. The Hall–Kier alpha value is -2.29. The van der Waals surface area contributed by atoms with Crippen molar-refractivity contribution in [2.45, 2.75) is 13.3 Å². The van der Waals surface area contributed by atoms with Crippen LogP contribution in [0.15, 0.2) is 42.5 Å². The third-order valence-corrected chi connectivity index (χ3v) is 3.62. The van der Waals surface area contributed by atoms with Gasteiger partial charge in [-0.3, -0.25) is 4.79 Å². The highest BCUT2D eigenvalue weighted by Gasteiger charge is 2.25. The Morgan fingerprint density at radius 2 is 1.95 bits per heavy atom. The maximum Gasteiger partial charge on any atom is 0.258 e. The molecule has 1 aliphatic heterocycles. The Morgan fingerprint density at radius 3 is 2.79 bits per heavy atom. The predicted octanol–water partition coefficient (Wildman–Crippen LogP) is 2.78. The number of benzene rings is 2. The van der Waals surface area contributed by atoms with E-state index < -0.39 is 0 Å².